The zero-order chi connectivity index (χ0) is 21.7. The number of carbonyl (C=O) groups is 3. The summed E-state index contributed by atoms with van der Waals surface area (Å²) in [6, 6.07) is 3.49. The number of likely N-dealkylation sites (tertiary alicyclic amines) is 1. The Morgan fingerprint density at radius 2 is 2.03 bits per heavy atom. The summed E-state index contributed by atoms with van der Waals surface area (Å²) in [5, 5.41) is 3.17. The van der Waals surface area contributed by atoms with Crippen molar-refractivity contribution < 1.29 is 19.1 Å². The number of anilines is 1. The summed E-state index contributed by atoms with van der Waals surface area (Å²) < 4.78 is 5.25. The summed E-state index contributed by atoms with van der Waals surface area (Å²) in [6.07, 6.45) is 2.72. The molecular formula is C20H27ClN4O4S. The van der Waals surface area contributed by atoms with Crippen molar-refractivity contribution in [1.29, 1.82) is 0 Å². The van der Waals surface area contributed by atoms with Gasteiger partial charge in [-0.3, -0.25) is 14.5 Å². The van der Waals surface area contributed by atoms with E-state index in [9.17, 15) is 14.4 Å². The van der Waals surface area contributed by atoms with Crippen LogP contribution in [0, 0.1) is 5.92 Å². The average Bonchev–Trinajstić information content (AvgIpc) is 3.11. The van der Waals surface area contributed by atoms with Gasteiger partial charge in [-0.05, 0) is 30.9 Å². The normalized spacial score (nSPS) is 19.9. The first-order chi connectivity index (χ1) is 14.3. The van der Waals surface area contributed by atoms with E-state index >= 15 is 0 Å². The summed E-state index contributed by atoms with van der Waals surface area (Å²) in [4.78, 5) is 44.3. The Kier molecular flexibility index (Phi) is 7.82. The predicted octanol–water partition coefficient (Wildman–Crippen LogP) is 2.87. The van der Waals surface area contributed by atoms with Crippen LogP contribution in [0.5, 0.6) is 0 Å². The number of carbonyl (C=O) groups excluding carboxylic acids is 3. The molecule has 3 rings (SSSR count). The molecule has 3 amide bonds. The topological polar surface area (TPSA) is 91.8 Å². The van der Waals surface area contributed by atoms with Crippen LogP contribution in [0.4, 0.5) is 10.6 Å². The number of hydrogen-bond acceptors (Lipinski definition) is 6. The lowest BCUT2D eigenvalue weighted by atomic mass is 9.98. The highest BCUT2D eigenvalue weighted by molar-refractivity contribution is 8.00. The first-order valence-corrected chi connectivity index (χ1v) is 11.6. The van der Waals surface area contributed by atoms with Crippen molar-refractivity contribution in [3.8, 4) is 0 Å². The first kappa shape index (κ1) is 22.7. The van der Waals surface area contributed by atoms with Gasteiger partial charge in [-0.1, -0.05) is 25.4 Å². The van der Waals surface area contributed by atoms with Crippen LogP contribution in [0.1, 0.15) is 26.7 Å². The van der Waals surface area contributed by atoms with Crippen LogP contribution >= 0.6 is 23.4 Å². The number of hydrogen-bond donors (Lipinski definition) is 1. The molecule has 0 aromatic carbocycles. The van der Waals surface area contributed by atoms with Gasteiger partial charge in [-0.15, -0.1) is 11.8 Å². The summed E-state index contributed by atoms with van der Waals surface area (Å²) in [5.41, 5.74) is 0. The fraction of sp³-hybridized carbons (Fsp3) is 0.600. The average molecular weight is 455 g/mol. The minimum absolute atomic E-state index is 0.0141. The third kappa shape index (κ3) is 5.78. The SMILES string of the molecule is CC(C)C1COC(=O)N1C1CCN(C(=O)CSCC(=O)Nc2ccc(Cl)cn2)CC1. The molecule has 1 atom stereocenters. The fourth-order valence-corrected chi connectivity index (χ4v) is 4.55. The molecular weight excluding hydrogens is 428 g/mol. The summed E-state index contributed by atoms with van der Waals surface area (Å²) >= 11 is 7.04. The molecule has 1 N–H and O–H groups in total. The Hall–Kier alpha value is -2.00. The number of aromatic nitrogens is 1. The molecule has 1 aromatic rings. The highest BCUT2D eigenvalue weighted by Gasteiger charge is 2.41. The molecule has 2 fully saturated rings. The fourth-order valence-electron chi connectivity index (χ4n) is 3.72. The highest BCUT2D eigenvalue weighted by atomic mass is 35.5. The molecule has 8 nitrogen and oxygen atoms in total. The van der Waals surface area contributed by atoms with Crippen molar-refractivity contribution >= 4 is 47.1 Å². The lowest BCUT2D eigenvalue weighted by Gasteiger charge is -2.38. The largest absolute Gasteiger partial charge is 0.447 e. The van der Waals surface area contributed by atoms with Gasteiger partial charge < -0.3 is 15.0 Å². The van der Waals surface area contributed by atoms with Gasteiger partial charge in [0.1, 0.15) is 12.4 Å². The van der Waals surface area contributed by atoms with E-state index in [1.807, 2.05) is 9.80 Å². The number of pyridine rings is 1. The molecule has 1 aromatic heterocycles. The summed E-state index contributed by atoms with van der Waals surface area (Å²) in [6.45, 7) is 5.85. The van der Waals surface area contributed by atoms with Crippen LogP contribution in [0.2, 0.25) is 5.02 Å². The van der Waals surface area contributed by atoms with Crippen molar-refractivity contribution in [3.05, 3.63) is 23.4 Å². The predicted molar refractivity (Wildman–Crippen MR) is 117 cm³/mol. The maximum atomic E-state index is 12.5. The molecule has 2 saturated heterocycles. The van der Waals surface area contributed by atoms with Gasteiger partial charge in [0.15, 0.2) is 0 Å². The van der Waals surface area contributed by atoms with Gasteiger partial charge in [0.05, 0.1) is 22.6 Å². The molecule has 1 unspecified atom stereocenters. The van der Waals surface area contributed by atoms with Crippen molar-refractivity contribution in [2.45, 2.75) is 38.8 Å². The van der Waals surface area contributed by atoms with Crippen molar-refractivity contribution in [3.63, 3.8) is 0 Å². The van der Waals surface area contributed by atoms with Gasteiger partial charge in [-0.25, -0.2) is 9.78 Å². The zero-order valence-corrected chi connectivity index (χ0v) is 18.7. The van der Waals surface area contributed by atoms with Crippen LogP contribution in [-0.2, 0) is 14.3 Å². The third-order valence-electron chi connectivity index (χ3n) is 5.38. The second-order valence-electron chi connectivity index (χ2n) is 7.81. The zero-order valence-electron chi connectivity index (χ0n) is 17.2. The first-order valence-electron chi connectivity index (χ1n) is 10.1. The van der Waals surface area contributed by atoms with Gasteiger partial charge in [0.2, 0.25) is 11.8 Å². The minimum Gasteiger partial charge on any atom is -0.447 e. The van der Waals surface area contributed by atoms with Gasteiger partial charge >= 0.3 is 6.09 Å². The van der Waals surface area contributed by atoms with E-state index in [1.165, 1.54) is 18.0 Å². The van der Waals surface area contributed by atoms with Crippen molar-refractivity contribution in [2.75, 3.05) is 36.5 Å². The van der Waals surface area contributed by atoms with Crippen LogP contribution in [0.3, 0.4) is 0 Å². The monoisotopic (exact) mass is 454 g/mol. The quantitative estimate of drug-likeness (QED) is 0.681. The van der Waals surface area contributed by atoms with Crippen LogP contribution in [0.15, 0.2) is 18.3 Å². The number of halogens is 1. The maximum absolute atomic E-state index is 12.5. The number of piperidine rings is 1. The van der Waals surface area contributed by atoms with E-state index in [1.54, 1.807) is 12.1 Å². The third-order valence-corrected chi connectivity index (χ3v) is 6.52. The number of amides is 3. The second-order valence-corrected chi connectivity index (χ2v) is 9.23. The molecule has 164 valence electrons. The Balaban J connectivity index is 1.38. The van der Waals surface area contributed by atoms with E-state index in [0.717, 1.165) is 12.8 Å². The smallest absolute Gasteiger partial charge is 0.410 e. The van der Waals surface area contributed by atoms with Crippen LogP contribution in [0.25, 0.3) is 0 Å². The number of ether oxygens (including phenoxy) is 1. The number of cyclic esters (lactones) is 1. The number of nitrogens with one attached hydrogen (secondary N) is 1. The highest BCUT2D eigenvalue weighted by Crippen LogP contribution is 2.27. The molecule has 0 spiro atoms. The molecule has 2 aliphatic rings. The van der Waals surface area contributed by atoms with Crippen LogP contribution < -0.4 is 5.32 Å². The molecule has 3 heterocycles. The van der Waals surface area contributed by atoms with Crippen molar-refractivity contribution in [2.24, 2.45) is 5.92 Å². The van der Waals surface area contributed by atoms with Gasteiger partial charge in [0, 0.05) is 25.3 Å². The number of thioether (sulfide) groups is 1. The molecule has 0 radical (unpaired) electrons. The Morgan fingerprint density at radius 3 is 2.67 bits per heavy atom. The summed E-state index contributed by atoms with van der Waals surface area (Å²) in [7, 11) is 0. The number of rotatable bonds is 7. The van der Waals surface area contributed by atoms with Crippen LogP contribution in [-0.4, -0.2) is 76.0 Å². The summed E-state index contributed by atoms with van der Waals surface area (Å²) in [5.74, 6) is 0.975. The standard InChI is InChI=1S/C20H27ClN4O4S/c1-13(2)16-10-29-20(28)25(16)15-5-7-24(8-6-15)19(27)12-30-11-18(26)23-17-4-3-14(21)9-22-17/h3-4,9,13,15-16H,5-8,10-12H2,1-2H3,(H,22,23,26). The number of nitrogens with zero attached hydrogens (tertiary/aromatic N) is 3. The Labute approximate surface area is 185 Å². The minimum atomic E-state index is -0.241. The molecule has 0 bridgehead atoms. The second kappa shape index (κ2) is 10.3. The van der Waals surface area contributed by atoms with E-state index in [0.29, 0.717) is 36.5 Å². The Bertz CT molecular complexity index is 769. The Morgan fingerprint density at radius 1 is 1.30 bits per heavy atom. The lowest BCUT2D eigenvalue weighted by molar-refractivity contribution is -0.129. The molecule has 10 heteroatoms. The van der Waals surface area contributed by atoms with Gasteiger partial charge in [-0.2, -0.15) is 0 Å². The molecule has 30 heavy (non-hydrogen) atoms. The van der Waals surface area contributed by atoms with Gasteiger partial charge in [0.25, 0.3) is 0 Å². The van der Waals surface area contributed by atoms with E-state index in [-0.39, 0.29) is 41.5 Å². The molecule has 2 aliphatic heterocycles. The van der Waals surface area contributed by atoms with Crippen molar-refractivity contribution in [1.82, 2.24) is 14.8 Å². The lowest BCUT2D eigenvalue weighted by Crippen LogP contribution is -2.51. The van der Waals surface area contributed by atoms with E-state index < -0.39 is 0 Å². The van der Waals surface area contributed by atoms with E-state index in [4.69, 9.17) is 16.3 Å². The maximum Gasteiger partial charge on any atom is 0.410 e. The van der Waals surface area contributed by atoms with E-state index in [2.05, 4.69) is 24.1 Å². The molecule has 0 saturated carbocycles. The molecule has 0 aliphatic carbocycles.